The number of rotatable bonds is 22. The van der Waals surface area contributed by atoms with Gasteiger partial charge >= 0.3 is 35.8 Å². The van der Waals surface area contributed by atoms with Crippen LogP contribution >= 0.6 is 0 Å². The van der Waals surface area contributed by atoms with Gasteiger partial charge in [0.15, 0.2) is 49.6 Å². The molecule has 10 aliphatic rings. The minimum Gasteiger partial charge on any atom is -0.479 e. The summed E-state index contributed by atoms with van der Waals surface area (Å²) in [7, 11) is 1.29. The molecular weight excluding hydrogens is 1400 g/mol. The van der Waals surface area contributed by atoms with Crippen LogP contribution in [0.5, 0.6) is 0 Å². The Morgan fingerprint density at radius 1 is 0.538 bits per heavy atom. The summed E-state index contributed by atoms with van der Waals surface area (Å²) in [4.78, 5) is 83.7. The van der Waals surface area contributed by atoms with Gasteiger partial charge < -0.3 is 133 Å². The molecule has 13 N–H and O–H groups in total. The van der Waals surface area contributed by atoms with E-state index >= 15 is 4.79 Å². The molecule has 4 saturated carbocycles. The molecule has 0 bridgehead atoms. The van der Waals surface area contributed by atoms with Crippen molar-refractivity contribution in [2.75, 3.05) is 26.9 Å². The molecule has 37 atom stereocenters. The highest BCUT2D eigenvalue weighted by atomic mass is 16.8. The molecule has 0 spiro atoms. The Morgan fingerprint density at radius 2 is 1.08 bits per heavy atom. The number of aliphatic hydroxyl groups is 12. The molecule has 0 amide bonds. The first kappa shape index (κ1) is 84.2. The van der Waals surface area contributed by atoms with E-state index in [1.807, 2.05) is 6.92 Å². The predicted octanol–water partition coefficient (Wildman–Crippen LogP) is -0.173. The molecule has 0 aromatic heterocycles. The van der Waals surface area contributed by atoms with E-state index in [2.05, 4.69) is 26.8 Å². The van der Waals surface area contributed by atoms with Crippen molar-refractivity contribution in [1.82, 2.24) is 0 Å². The highest BCUT2D eigenvalue weighted by Crippen LogP contribution is 2.76. The maximum atomic E-state index is 16.4. The zero-order chi connectivity index (χ0) is 78.2. The number of esters is 5. The van der Waals surface area contributed by atoms with Crippen LogP contribution in [0.3, 0.4) is 0 Å². The first-order chi connectivity index (χ1) is 49.7. The van der Waals surface area contributed by atoms with Crippen molar-refractivity contribution >= 4 is 35.8 Å². The van der Waals surface area contributed by atoms with Gasteiger partial charge in [0.25, 0.3) is 0 Å². The van der Waals surface area contributed by atoms with Crippen molar-refractivity contribution in [3.8, 4) is 0 Å². The molecule has 604 valence electrons. The quantitative estimate of drug-likeness (QED) is 0.0289. The number of carbonyl (C=O) groups excluding carboxylic acids is 5. The number of carboxylic acids is 1. The number of aliphatic carboxylic acids is 1. The zero-order valence-electron chi connectivity index (χ0n) is 62.6. The lowest BCUT2D eigenvalue weighted by atomic mass is 9.33. The predicted molar refractivity (Wildman–Crippen MR) is 357 cm³/mol. The van der Waals surface area contributed by atoms with Crippen molar-refractivity contribution in [2.24, 2.45) is 62.1 Å². The van der Waals surface area contributed by atoms with Crippen LogP contribution in [-0.4, -0.2) is 289 Å². The summed E-state index contributed by atoms with van der Waals surface area (Å²) in [5.41, 5.74) is -4.87. The second-order valence-electron chi connectivity index (χ2n) is 32.9. The smallest absolute Gasteiger partial charge is 0.335 e. The molecule has 0 radical (unpaired) electrons. The van der Waals surface area contributed by atoms with E-state index < -0.39 is 259 Å². The zero-order valence-corrected chi connectivity index (χ0v) is 62.6. The number of hydrogen-bond donors (Lipinski definition) is 13. The van der Waals surface area contributed by atoms with Crippen molar-refractivity contribution < 1.29 is 161 Å². The fraction of sp³-hybridized carbons (Fsp3) is 0.890. The molecule has 5 aliphatic heterocycles. The molecule has 9 fully saturated rings. The third-order valence-electron chi connectivity index (χ3n) is 26.7. The lowest BCUT2D eigenvalue weighted by Crippen LogP contribution is -2.68. The first-order valence-electron chi connectivity index (χ1n) is 37.4. The summed E-state index contributed by atoms with van der Waals surface area (Å²) < 4.78 is 86.4. The maximum Gasteiger partial charge on any atom is 0.335 e. The van der Waals surface area contributed by atoms with Crippen molar-refractivity contribution in [1.29, 1.82) is 0 Å². The van der Waals surface area contributed by atoms with Gasteiger partial charge in [-0.3, -0.25) is 24.0 Å². The van der Waals surface area contributed by atoms with Gasteiger partial charge in [0, 0.05) is 12.3 Å². The molecule has 0 aromatic carbocycles. The second kappa shape index (κ2) is 32.4. The average molecular weight is 1520 g/mol. The molecule has 5 heterocycles. The minimum absolute atomic E-state index is 0.0600. The van der Waals surface area contributed by atoms with Gasteiger partial charge in [-0.1, -0.05) is 67.0 Å². The van der Waals surface area contributed by atoms with E-state index in [-0.39, 0.29) is 50.5 Å². The summed E-state index contributed by atoms with van der Waals surface area (Å²) in [6.07, 6.45) is -40.7. The van der Waals surface area contributed by atoms with Crippen molar-refractivity contribution in [3.63, 3.8) is 0 Å². The average Bonchev–Trinajstić information content (AvgIpc) is 0.673. The molecule has 10 rings (SSSR count). The van der Waals surface area contributed by atoms with Crippen LogP contribution < -0.4 is 0 Å². The number of hydrogen-bond acceptors (Lipinski definition) is 32. The monoisotopic (exact) mass is 1520 g/mol. The van der Waals surface area contributed by atoms with Crippen molar-refractivity contribution in [2.45, 2.75) is 320 Å². The maximum absolute atomic E-state index is 16.4. The van der Waals surface area contributed by atoms with Gasteiger partial charge in [0.2, 0.25) is 6.29 Å². The SMILES string of the molecule is CC[C@H](C)C(=O)O[C@@H]1C(C)O[C@@H](OC(=O)[C@]23CC[C@](C)(C(=O)OC)CC2C2=CCC4[C@@]5(C)CC[C@H](O[C@@H]6OC(C(=O)O)[C@H](O)[C@H](O)C6O[C@@H]6OC(CO)[C@H](O)[C@H](O)C6O)[C@@](C)(COC(C)=O)C5CC[C@@]4(C)[C@]2(C)CC3)[C@H](O[C@@H]2OC(C)[C@H](O)[C@H](OC(=O)[C@@H](C)CC)C2O)C1O[C@@H]1OC(CO)[C@@H](O)[C@H](O)C1O. The van der Waals surface area contributed by atoms with Gasteiger partial charge in [0.05, 0.1) is 67.9 Å². The Balaban J connectivity index is 1.01. The Morgan fingerprint density at radius 3 is 1.64 bits per heavy atom. The third kappa shape index (κ3) is 15.0. The van der Waals surface area contributed by atoms with E-state index in [0.29, 0.717) is 44.9 Å². The van der Waals surface area contributed by atoms with E-state index in [9.17, 15) is 90.4 Å². The van der Waals surface area contributed by atoms with Gasteiger partial charge in [-0.2, -0.15) is 0 Å². The van der Waals surface area contributed by atoms with Gasteiger partial charge in [0.1, 0.15) is 85.5 Å². The lowest BCUT2D eigenvalue weighted by Gasteiger charge is -2.71. The van der Waals surface area contributed by atoms with Crippen LogP contribution in [0, 0.1) is 62.1 Å². The van der Waals surface area contributed by atoms with Crippen LogP contribution in [0.15, 0.2) is 11.6 Å². The first-order valence-corrected chi connectivity index (χ1v) is 37.4. The Hall–Kier alpha value is -4.28. The summed E-state index contributed by atoms with van der Waals surface area (Å²) in [6.45, 7) is 19.2. The van der Waals surface area contributed by atoms with E-state index in [4.69, 9.17) is 66.3 Å². The fourth-order valence-corrected chi connectivity index (χ4v) is 19.5. The fourth-order valence-electron chi connectivity index (χ4n) is 19.5. The van der Waals surface area contributed by atoms with E-state index in [1.54, 1.807) is 34.6 Å². The number of fused-ring (bicyclic) bond motifs is 7. The van der Waals surface area contributed by atoms with E-state index in [1.165, 1.54) is 27.9 Å². The minimum atomic E-state index is -2.13. The highest BCUT2D eigenvalue weighted by molar-refractivity contribution is 5.82. The Kier molecular flexibility index (Phi) is 25.8. The normalized spacial score (nSPS) is 48.6. The number of carboxylic acid groups (broad SMARTS) is 1. The van der Waals surface area contributed by atoms with Crippen LogP contribution in [-0.2, 0) is 95.1 Å². The van der Waals surface area contributed by atoms with Gasteiger partial charge in [-0.15, -0.1) is 0 Å². The van der Waals surface area contributed by atoms with Crippen LogP contribution in [0.1, 0.15) is 160 Å². The summed E-state index contributed by atoms with van der Waals surface area (Å²) in [6, 6.07) is 0. The standard InChI is InChI=1S/C73H114O33/c1-14-30(3)59(89)100-52-33(6)96-65(57(56(52)104-62-50(85)46(81)44(79)38(28-75)98-62)105-63-51(86)53(42(77)32(5)95-63)101-60(90)31(4)15-2)106-67(92)73-24-22-68(8,66(91)93-13)26-36(73)35-16-17-40-69(9)20-19-41(70(10,29-94-34(7)76)39(69)18-21-72(40,12)71(35,11)23-25-73)99-64-55(48(83)47(82)54(102-64)58(87)88)103-61-49(84)45(80)43(78)37(27-74)97-61/h16,30-33,36-57,61-65,74-75,77-86H,14-15,17-29H2,1-13H3,(H,87,88)/t30-,31-,32?,33?,36?,37?,38?,39?,40?,41-,42-,43-,44+,45-,46-,47+,48-,49?,50?,51?,52+,53-,54?,55?,56?,57+,61-,62-,63-,64+,65-,68-,69-,70-,71+,72+,73-/m0/s1. The molecule has 33 nitrogen and oxygen atoms in total. The molecule has 0 aromatic rings. The third-order valence-corrected chi connectivity index (χ3v) is 26.7. The Labute approximate surface area is 615 Å². The lowest BCUT2D eigenvalue weighted by molar-refractivity contribution is -0.385. The van der Waals surface area contributed by atoms with Gasteiger partial charge in [-0.05, 0) is 132 Å². The van der Waals surface area contributed by atoms with Gasteiger partial charge in [-0.25, -0.2) is 4.79 Å². The summed E-state index contributed by atoms with van der Waals surface area (Å²) >= 11 is 0. The molecule has 13 unspecified atom stereocenters. The van der Waals surface area contributed by atoms with E-state index in [0.717, 1.165) is 5.57 Å². The molecule has 5 aliphatic carbocycles. The number of aliphatic hydroxyl groups excluding tert-OH is 12. The number of ether oxygens (including phenoxy) is 14. The second-order valence-corrected chi connectivity index (χ2v) is 32.9. The van der Waals surface area contributed by atoms with Crippen LogP contribution in [0.25, 0.3) is 0 Å². The van der Waals surface area contributed by atoms with Crippen LogP contribution in [0.4, 0.5) is 0 Å². The molecule has 106 heavy (non-hydrogen) atoms. The topological polar surface area (TPSA) is 495 Å². The summed E-state index contributed by atoms with van der Waals surface area (Å²) in [5.74, 6) is -7.84. The molecular formula is C73H114O33. The number of methoxy groups -OCH3 is 1. The largest absolute Gasteiger partial charge is 0.479 e. The number of carbonyl (C=O) groups is 6. The summed E-state index contributed by atoms with van der Waals surface area (Å²) in [5, 5.41) is 143. The molecule has 5 saturated heterocycles. The number of allylic oxidation sites excluding steroid dienone is 2. The highest BCUT2D eigenvalue weighted by Gasteiger charge is 2.72. The molecule has 33 heteroatoms. The Bertz CT molecular complexity index is 3150. The van der Waals surface area contributed by atoms with Crippen LogP contribution in [0.2, 0.25) is 0 Å². The van der Waals surface area contributed by atoms with Crippen molar-refractivity contribution in [3.05, 3.63) is 11.6 Å².